The van der Waals surface area contributed by atoms with Crippen molar-refractivity contribution in [3.05, 3.63) is 164 Å². The number of nitro groups is 1. The molecule has 7 aromatic rings. The molecule has 1 aliphatic carbocycles. The number of aromatic nitrogens is 5. The van der Waals surface area contributed by atoms with E-state index in [1.165, 1.54) is 45.8 Å². The number of anilines is 2. The van der Waals surface area contributed by atoms with Gasteiger partial charge in [0.2, 0.25) is 11.8 Å². The number of piperazine rings is 1. The Labute approximate surface area is 510 Å². The van der Waals surface area contributed by atoms with Crippen molar-refractivity contribution in [3.8, 4) is 23.3 Å². The zero-order valence-corrected chi connectivity index (χ0v) is 49.6. The molecule has 5 amide bonds. The largest absolute Gasteiger partial charge is 0.455 e. The first-order valence-corrected chi connectivity index (χ1v) is 30.4. The number of carbonyl (C=O) groups excluding carboxylic acids is 5. The van der Waals surface area contributed by atoms with E-state index in [2.05, 4.69) is 83.3 Å². The molecule has 11 rings (SSSR count). The summed E-state index contributed by atoms with van der Waals surface area (Å²) < 4.78 is 49.0. The summed E-state index contributed by atoms with van der Waals surface area (Å²) in [7, 11) is -4.69. The Morgan fingerprint density at radius 3 is 2.53 bits per heavy atom. The molecule has 1 unspecified atom stereocenters. The van der Waals surface area contributed by atoms with Crippen LogP contribution in [0.5, 0.6) is 11.5 Å². The van der Waals surface area contributed by atoms with Crippen LogP contribution < -0.4 is 25.0 Å². The van der Waals surface area contributed by atoms with Gasteiger partial charge in [-0.3, -0.25) is 49.2 Å². The fourth-order valence-corrected chi connectivity index (χ4v) is 12.3. The summed E-state index contributed by atoms with van der Waals surface area (Å²) in [5.74, 6) is 2.62. The number of hydrogen-bond donors (Lipinski definition) is 4. The third-order valence-corrected chi connectivity index (χ3v) is 17.4. The molecule has 3 aromatic heterocycles. The number of pyridine rings is 1. The Kier molecular flexibility index (Phi) is 17.8. The number of allylic oxidation sites excluding steroid dienone is 1. The van der Waals surface area contributed by atoms with Crippen LogP contribution in [0.15, 0.2) is 120 Å². The number of fused-ring (bicyclic) bond motifs is 2. The fourth-order valence-electron chi connectivity index (χ4n) is 11.2. The highest BCUT2D eigenvalue weighted by molar-refractivity contribution is 7.90. The smallest absolute Gasteiger partial charge is 0.293 e. The normalized spacial score (nSPS) is 17.0. The summed E-state index contributed by atoms with van der Waals surface area (Å²) in [4.78, 5) is 88.8. The monoisotopic (exact) mass is 1230 g/mol. The van der Waals surface area contributed by atoms with Crippen LogP contribution >= 0.6 is 11.6 Å². The van der Waals surface area contributed by atoms with E-state index in [0.717, 1.165) is 67.0 Å². The van der Waals surface area contributed by atoms with Crippen LogP contribution in [0.1, 0.15) is 93.8 Å². The minimum Gasteiger partial charge on any atom is -0.455 e. The number of nitro benzene ring substituents is 1. The minimum atomic E-state index is -4.69. The van der Waals surface area contributed by atoms with E-state index < -0.39 is 61.1 Å². The summed E-state index contributed by atoms with van der Waals surface area (Å²) >= 11 is 6.26. The highest BCUT2D eigenvalue weighted by Gasteiger charge is 2.45. The number of ether oxygens (including phenoxy) is 3. The SMILES string of the molecule is CC1(C)CCC(CN2CCN(c3ccc(C(=O)NS(=O)(=O)c4ccc(NCc5cn(CCOCCOCC#Cc6cccc7c6C(=O)N(C6CCC(=O)NC6=O)C7=O)nn5)c([N+](=O)[O-])c4)c(Oc4cnc5[nH]ccc5c4)c3)CC2)=C(c2ccc(Cl)cc2)C1. The molecule has 3 aliphatic heterocycles. The van der Waals surface area contributed by atoms with Gasteiger partial charge in [0, 0.05) is 79.1 Å². The predicted molar refractivity (Wildman–Crippen MR) is 324 cm³/mol. The number of halogens is 1. The lowest BCUT2D eigenvalue weighted by Gasteiger charge is -2.39. The Bertz CT molecular complexity index is 4110. The number of sulfonamides is 1. The first-order valence-electron chi connectivity index (χ1n) is 28.5. The molecule has 0 saturated carbocycles. The fraction of sp³-hybridized carbons (Fsp3) is 0.323. The van der Waals surface area contributed by atoms with Crippen LogP contribution in [0.3, 0.4) is 0 Å². The van der Waals surface area contributed by atoms with Gasteiger partial charge in [-0.25, -0.2) is 22.8 Å². The zero-order chi connectivity index (χ0) is 61.7. The lowest BCUT2D eigenvalue weighted by atomic mass is 9.72. The Morgan fingerprint density at radius 1 is 0.932 bits per heavy atom. The van der Waals surface area contributed by atoms with Crippen molar-refractivity contribution in [2.24, 2.45) is 5.41 Å². The zero-order valence-electron chi connectivity index (χ0n) is 48.0. The van der Waals surface area contributed by atoms with Gasteiger partial charge in [0.25, 0.3) is 33.4 Å². The molecule has 2 saturated heterocycles. The number of nitrogens with zero attached hydrogens (tertiary/aromatic N) is 8. The molecule has 4 N–H and O–H groups in total. The summed E-state index contributed by atoms with van der Waals surface area (Å²) in [5, 5.41) is 27.2. The van der Waals surface area contributed by atoms with Gasteiger partial charge in [0.05, 0.1) is 71.8 Å². The predicted octanol–water partition coefficient (Wildman–Crippen LogP) is 7.51. The standard InChI is InChI=1S/C62H61ClN12O12S/c1-62(2)20-18-42(50(34-62)39-8-10-43(63)11-9-39)37-71-22-24-72(25-23-71)45-12-14-48(54(32-45)87-46-31-41-19-21-64-57(41)66-36-46)58(77)69-88(83,84)47-13-15-51(53(33-47)75(81)82)65-35-44-38-73(70-68-44)26-28-86-30-29-85-27-4-6-40-5-3-7-49-56(40)61(80)74(60(49)79)52-16-17-55(76)67-59(52)78/h3,5,7-15,19,21,31-33,36,38,52,65H,16-18,20,22-30,34-35,37H2,1-2H3,(H,64,66)(H,69,77)(H,67,76,78). The summed E-state index contributed by atoms with van der Waals surface area (Å²) in [6.45, 7) is 9.30. The van der Waals surface area contributed by atoms with E-state index in [4.69, 9.17) is 25.8 Å². The molecular formula is C62H61ClN12O12S. The number of rotatable bonds is 21. The van der Waals surface area contributed by atoms with E-state index in [9.17, 15) is 42.5 Å². The number of amides is 5. The molecule has 4 aromatic carbocycles. The number of aromatic amines is 1. The van der Waals surface area contributed by atoms with Crippen molar-refractivity contribution >= 4 is 84.8 Å². The van der Waals surface area contributed by atoms with Crippen molar-refractivity contribution < 1.29 is 51.5 Å². The number of H-pyrrole nitrogens is 1. The maximum atomic E-state index is 14.1. The van der Waals surface area contributed by atoms with Crippen molar-refractivity contribution in [3.63, 3.8) is 0 Å². The van der Waals surface area contributed by atoms with Gasteiger partial charge in [-0.15, -0.1) is 5.10 Å². The van der Waals surface area contributed by atoms with Crippen LogP contribution in [0.4, 0.5) is 17.1 Å². The van der Waals surface area contributed by atoms with Crippen molar-refractivity contribution in [1.29, 1.82) is 0 Å². The average Bonchev–Trinajstić information content (AvgIpc) is 1.65. The number of piperidine rings is 1. The molecular weight excluding hydrogens is 1170 g/mol. The van der Waals surface area contributed by atoms with E-state index in [0.29, 0.717) is 47.3 Å². The van der Waals surface area contributed by atoms with E-state index in [1.54, 1.807) is 42.7 Å². The number of carbonyl (C=O) groups is 5. The molecule has 26 heteroatoms. The number of hydrogen-bond acceptors (Lipinski definition) is 18. The second kappa shape index (κ2) is 25.9. The van der Waals surface area contributed by atoms with Gasteiger partial charge in [-0.05, 0) is 103 Å². The van der Waals surface area contributed by atoms with Crippen LogP contribution in [0.2, 0.25) is 5.02 Å². The molecule has 0 radical (unpaired) electrons. The Hall–Kier alpha value is -9.32. The molecule has 4 aliphatic rings. The van der Waals surface area contributed by atoms with Gasteiger partial charge in [0.15, 0.2) is 0 Å². The Balaban J connectivity index is 0.672. The van der Waals surface area contributed by atoms with Crippen molar-refractivity contribution in [2.75, 3.05) is 69.4 Å². The molecule has 1 atom stereocenters. The second-order valence-corrected chi connectivity index (χ2v) is 24.5. The third-order valence-electron chi connectivity index (χ3n) is 15.8. The number of benzene rings is 4. The first-order chi connectivity index (χ1) is 42.4. The third kappa shape index (κ3) is 13.8. The first kappa shape index (κ1) is 60.4. The molecule has 6 heterocycles. The highest BCUT2D eigenvalue weighted by Crippen LogP contribution is 2.44. The lowest BCUT2D eigenvalue weighted by Crippen LogP contribution is -2.54. The summed E-state index contributed by atoms with van der Waals surface area (Å²) in [6, 6.07) is 23.5. The summed E-state index contributed by atoms with van der Waals surface area (Å²) in [6.07, 6.45) is 8.00. The Morgan fingerprint density at radius 2 is 1.74 bits per heavy atom. The molecule has 2 fully saturated rings. The topological polar surface area (TPSA) is 296 Å². The van der Waals surface area contributed by atoms with Crippen LogP contribution in [0, 0.1) is 27.4 Å². The van der Waals surface area contributed by atoms with E-state index >= 15 is 0 Å². The molecule has 24 nitrogen and oxygen atoms in total. The van der Waals surface area contributed by atoms with Gasteiger partial charge < -0.3 is 29.4 Å². The van der Waals surface area contributed by atoms with Crippen LogP contribution in [-0.2, 0) is 42.2 Å². The quantitative estimate of drug-likeness (QED) is 0.0178. The summed E-state index contributed by atoms with van der Waals surface area (Å²) in [5.41, 5.74) is 5.87. The van der Waals surface area contributed by atoms with Gasteiger partial charge in [-0.2, -0.15) is 0 Å². The van der Waals surface area contributed by atoms with Gasteiger partial charge >= 0.3 is 0 Å². The molecule has 0 bridgehead atoms. The highest BCUT2D eigenvalue weighted by atomic mass is 35.5. The maximum Gasteiger partial charge on any atom is 0.293 e. The number of nitrogens with one attached hydrogen (secondary N) is 4. The minimum absolute atomic E-state index is 0.00903. The van der Waals surface area contributed by atoms with Crippen LogP contribution in [0.25, 0.3) is 16.6 Å². The lowest BCUT2D eigenvalue weighted by molar-refractivity contribution is -0.384. The van der Waals surface area contributed by atoms with Crippen molar-refractivity contribution in [1.82, 2.24) is 44.8 Å². The molecule has 454 valence electrons. The average molecular weight is 1230 g/mol. The van der Waals surface area contributed by atoms with E-state index in [1.807, 2.05) is 18.2 Å². The molecule has 0 spiro atoms. The maximum absolute atomic E-state index is 14.1. The van der Waals surface area contributed by atoms with Crippen LogP contribution in [-0.4, -0.2) is 143 Å². The molecule has 88 heavy (non-hydrogen) atoms. The van der Waals surface area contributed by atoms with Crippen molar-refractivity contribution in [2.45, 2.75) is 70.0 Å². The van der Waals surface area contributed by atoms with Gasteiger partial charge in [0.1, 0.15) is 41.2 Å². The second-order valence-electron chi connectivity index (χ2n) is 22.4. The number of imide groups is 2. The van der Waals surface area contributed by atoms with Gasteiger partial charge in [-0.1, -0.05) is 66.3 Å². The van der Waals surface area contributed by atoms with E-state index in [-0.39, 0.29) is 79.4 Å².